The van der Waals surface area contributed by atoms with Crippen molar-refractivity contribution in [2.45, 2.75) is 141 Å². The molecule has 47 heavy (non-hydrogen) atoms. The van der Waals surface area contributed by atoms with Gasteiger partial charge in [0.15, 0.2) is 0 Å². The van der Waals surface area contributed by atoms with E-state index in [1.807, 2.05) is 41.5 Å². The summed E-state index contributed by atoms with van der Waals surface area (Å²) in [5.74, 6) is 0.949. The second-order valence-electron chi connectivity index (χ2n) is 16.1. The van der Waals surface area contributed by atoms with Crippen molar-refractivity contribution in [3.63, 3.8) is 0 Å². The Labute approximate surface area is 280 Å². The Morgan fingerprint density at radius 3 is 1.89 bits per heavy atom. The first-order chi connectivity index (χ1) is 22.1. The fourth-order valence-corrected chi connectivity index (χ4v) is 7.70. The summed E-state index contributed by atoms with van der Waals surface area (Å²) in [4.78, 5) is 28.7. The monoisotopic (exact) mass is 652 g/mol. The summed E-state index contributed by atoms with van der Waals surface area (Å²) < 4.78 is 39.9. The molecule has 3 aliphatic rings. The fourth-order valence-electron chi connectivity index (χ4n) is 7.70. The first kappa shape index (κ1) is 35.2. The summed E-state index contributed by atoms with van der Waals surface area (Å²) in [5.41, 5.74) is 3.62. The van der Waals surface area contributed by atoms with Crippen molar-refractivity contribution < 1.29 is 27.8 Å². The van der Waals surface area contributed by atoms with Crippen LogP contribution in [0.1, 0.15) is 116 Å². The minimum Gasteiger partial charge on any atom is -0.444 e. The van der Waals surface area contributed by atoms with Crippen LogP contribution >= 0.6 is 0 Å². The number of likely N-dealkylation sites (tertiary alicyclic amines) is 2. The molecule has 5 rings (SSSR count). The zero-order valence-corrected chi connectivity index (χ0v) is 29.3. The first-order valence-corrected chi connectivity index (χ1v) is 17.5. The fraction of sp³-hybridized carbons (Fsp3) is 0.641. The molecule has 2 aliphatic heterocycles. The molecule has 1 aliphatic carbocycles. The van der Waals surface area contributed by atoms with Crippen LogP contribution in [0.15, 0.2) is 48.5 Å². The molecule has 7 atom stereocenters. The van der Waals surface area contributed by atoms with E-state index in [1.165, 1.54) is 11.1 Å². The van der Waals surface area contributed by atoms with Crippen LogP contribution in [0.2, 0.25) is 0 Å². The van der Waals surface area contributed by atoms with Gasteiger partial charge in [-0.05, 0) is 114 Å². The standard InChI is InChI=1S/C39H54F2N2O4/c1-25(8-19-34-21-32(40)23-42(34)36(44)46-38(2,3)4)26-9-11-27(12-10-26)28-13-15-29(16-14-28)30-17-18-31(20-30)35-22-33(41)24-43(35)37(45)47-39(5,6)7/h9-16,25,30-35H,8,17-24H2,1-7H3/t25?,30?,31?,32-,33-,34-,35+/m1/s1. The minimum atomic E-state index is -1.01. The van der Waals surface area contributed by atoms with E-state index in [4.69, 9.17) is 9.47 Å². The number of ether oxygens (including phenoxy) is 2. The number of hydrogen-bond donors (Lipinski definition) is 0. The maximum absolute atomic E-state index is 14.5. The predicted molar refractivity (Wildman–Crippen MR) is 182 cm³/mol. The lowest BCUT2D eigenvalue weighted by Crippen LogP contribution is -2.42. The molecule has 2 aromatic carbocycles. The zero-order valence-electron chi connectivity index (χ0n) is 29.3. The van der Waals surface area contributed by atoms with Gasteiger partial charge in [-0.25, -0.2) is 18.4 Å². The quantitative estimate of drug-likeness (QED) is 0.299. The van der Waals surface area contributed by atoms with E-state index in [2.05, 4.69) is 55.5 Å². The van der Waals surface area contributed by atoms with Gasteiger partial charge >= 0.3 is 12.2 Å². The van der Waals surface area contributed by atoms with Crippen molar-refractivity contribution in [2.24, 2.45) is 5.92 Å². The predicted octanol–water partition coefficient (Wildman–Crippen LogP) is 9.82. The zero-order chi connectivity index (χ0) is 34.1. The van der Waals surface area contributed by atoms with Crippen LogP contribution < -0.4 is 0 Å². The van der Waals surface area contributed by atoms with E-state index in [1.54, 1.807) is 9.80 Å². The SMILES string of the molecule is CC(CC[C@@H]1C[C@@H](F)CN1C(=O)OC(C)(C)C)c1ccc(-c2ccc(C3CCC([C@@H]4C[C@@H](F)CN4C(=O)OC(C)(C)C)C3)cc2)cc1. The molecular weight excluding hydrogens is 598 g/mol. The Morgan fingerprint density at radius 2 is 1.30 bits per heavy atom. The molecule has 0 aromatic heterocycles. The maximum atomic E-state index is 14.5. The lowest BCUT2D eigenvalue weighted by molar-refractivity contribution is 0.0169. The summed E-state index contributed by atoms with van der Waals surface area (Å²) in [7, 11) is 0. The van der Waals surface area contributed by atoms with Gasteiger partial charge in [-0.3, -0.25) is 0 Å². The molecule has 3 unspecified atom stereocenters. The third-order valence-corrected chi connectivity index (χ3v) is 10.1. The number of carbonyl (C=O) groups is 2. The number of amides is 2. The molecule has 0 spiro atoms. The highest BCUT2D eigenvalue weighted by molar-refractivity contribution is 5.69. The van der Waals surface area contributed by atoms with Crippen LogP contribution in [0.3, 0.4) is 0 Å². The second kappa shape index (κ2) is 14.1. The van der Waals surface area contributed by atoms with Gasteiger partial charge in [-0.15, -0.1) is 0 Å². The van der Waals surface area contributed by atoms with Gasteiger partial charge in [0.25, 0.3) is 0 Å². The highest BCUT2D eigenvalue weighted by Crippen LogP contribution is 2.44. The van der Waals surface area contributed by atoms with Gasteiger partial charge in [0.05, 0.1) is 13.1 Å². The number of nitrogens with zero attached hydrogens (tertiary/aromatic N) is 2. The van der Waals surface area contributed by atoms with Crippen LogP contribution in [-0.2, 0) is 9.47 Å². The summed E-state index contributed by atoms with van der Waals surface area (Å²) in [5, 5.41) is 0. The van der Waals surface area contributed by atoms with Crippen LogP contribution in [0.5, 0.6) is 0 Å². The van der Waals surface area contributed by atoms with Crippen molar-refractivity contribution >= 4 is 12.2 Å². The van der Waals surface area contributed by atoms with Crippen molar-refractivity contribution in [3.8, 4) is 11.1 Å². The number of carbonyl (C=O) groups excluding carboxylic acids is 2. The van der Waals surface area contributed by atoms with E-state index >= 15 is 0 Å². The molecular formula is C39H54F2N2O4. The van der Waals surface area contributed by atoms with E-state index in [0.29, 0.717) is 18.8 Å². The summed E-state index contributed by atoms with van der Waals surface area (Å²) >= 11 is 0. The molecule has 0 N–H and O–H groups in total. The first-order valence-electron chi connectivity index (χ1n) is 17.5. The molecule has 2 heterocycles. The Kier molecular flexibility index (Phi) is 10.6. The van der Waals surface area contributed by atoms with Crippen molar-refractivity contribution in [2.75, 3.05) is 13.1 Å². The van der Waals surface area contributed by atoms with Gasteiger partial charge in [0, 0.05) is 24.9 Å². The number of hydrogen-bond acceptors (Lipinski definition) is 4. The van der Waals surface area contributed by atoms with Crippen molar-refractivity contribution in [3.05, 3.63) is 59.7 Å². The number of halogens is 2. The summed E-state index contributed by atoms with van der Waals surface area (Å²) in [6.07, 6.45) is 2.50. The van der Waals surface area contributed by atoms with E-state index < -0.39 is 35.7 Å². The Balaban J connectivity index is 1.14. The molecule has 258 valence electrons. The number of rotatable bonds is 7. The number of benzene rings is 2. The Morgan fingerprint density at radius 1 is 0.766 bits per heavy atom. The number of alkyl halides is 2. The average molecular weight is 653 g/mol. The third kappa shape index (κ3) is 9.05. The molecule has 8 heteroatoms. The van der Waals surface area contributed by atoms with E-state index in [9.17, 15) is 18.4 Å². The van der Waals surface area contributed by atoms with Gasteiger partial charge < -0.3 is 19.3 Å². The molecule has 2 amide bonds. The second-order valence-corrected chi connectivity index (χ2v) is 16.1. The van der Waals surface area contributed by atoms with Crippen LogP contribution in [0.4, 0.5) is 18.4 Å². The summed E-state index contributed by atoms with van der Waals surface area (Å²) in [6.45, 7) is 13.4. The van der Waals surface area contributed by atoms with Gasteiger partial charge in [-0.2, -0.15) is 0 Å². The Hall–Kier alpha value is -3.16. The van der Waals surface area contributed by atoms with Gasteiger partial charge in [0.1, 0.15) is 23.5 Å². The minimum absolute atomic E-state index is 0.104. The largest absolute Gasteiger partial charge is 0.444 e. The molecule has 6 nitrogen and oxygen atoms in total. The van der Waals surface area contributed by atoms with E-state index in [0.717, 1.165) is 43.2 Å². The van der Waals surface area contributed by atoms with Crippen LogP contribution in [-0.4, -0.2) is 70.7 Å². The normalized spacial score (nSPS) is 27.3. The van der Waals surface area contributed by atoms with E-state index in [-0.39, 0.29) is 37.0 Å². The molecule has 2 saturated heterocycles. The topological polar surface area (TPSA) is 59.1 Å². The smallest absolute Gasteiger partial charge is 0.410 e. The lowest BCUT2D eigenvalue weighted by Gasteiger charge is -2.31. The van der Waals surface area contributed by atoms with Crippen LogP contribution in [0.25, 0.3) is 11.1 Å². The summed E-state index contributed by atoms with van der Waals surface area (Å²) in [6, 6.07) is 17.2. The average Bonchev–Trinajstić information content (AvgIpc) is 3.72. The maximum Gasteiger partial charge on any atom is 0.410 e. The highest BCUT2D eigenvalue weighted by atomic mass is 19.1. The third-order valence-electron chi connectivity index (χ3n) is 10.1. The molecule has 1 saturated carbocycles. The van der Waals surface area contributed by atoms with Crippen molar-refractivity contribution in [1.29, 1.82) is 0 Å². The van der Waals surface area contributed by atoms with Gasteiger partial charge in [0.2, 0.25) is 0 Å². The van der Waals surface area contributed by atoms with Gasteiger partial charge in [-0.1, -0.05) is 55.5 Å². The molecule has 2 aromatic rings. The highest BCUT2D eigenvalue weighted by Gasteiger charge is 2.44. The lowest BCUT2D eigenvalue weighted by atomic mass is 9.90. The van der Waals surface area contributed by atoms with Crippen LogP contribution in [0, 0.1) is 5.92 Å². The molecule has 3 fully saturated rings. The molecule has 0 radical (unpaired) electrons. The Bertz CT molecular complexity index is 1370. The van der Waals surface area contributed by atoms with Crippen molar-refractivity contribution in [1.82, 2.24) is 9.80 Å². The molecule has 0 bridgehead atoms.